The van der Waals surface area contributed by atoms with Crippen molar-refractivity contribution in [1.29, 1.82) is 0 Å². The van der Waals surface area contributed by atoms with Gasteiger partial charge in [0.05, 0.1) is 12.1 Å². The molecular formula is C12H13NO4S. The van der Waals surface area contributed by atoms with Gasteiger partial charge >= 0.3 is 5.97 Å². The Morgan fingerprint density at radius 3 is 3.00 bits per heavy atom. The first-order chi connectivity index (χ1) is 8.66. The Balaban J connectivity index is 1.84. The largest absolute Gasteiger partial charge is 0.492 e. The van der Waals surface area contributed by atoms with Crippen LogP contribution in [-0.2, 0) is 0 Å². The van der Waals surface area contributed by atoms with Crippen LogP contribution < -0.4 is 4.74 Å². The van der Waals surface area contributed by atoms with Crippen LogP contribution in [0, 0.1) is 0 Å². The molecule has 0 aliphatic carbocycles. The molecule has 1 aliphatic rings. The van der Waals surface area contributed by atoms with Crippen LogP contribution >= 0.6 is 11.8 Å². The van der Waals surface area contributed by atoms with Gasteiger partial charge in [-0.15, -0.1) is 0 Å². The second-order valence-electron chi connectivity index (χ2n) is 3.78. The van der Waals surface area contributed by atoms with E-state index in [1.54, 1.807) is 17.0 Å². The molecule has 0 bridgehead atoms. The zero-order valence-corrected chi connectivity index (χ0v) is 10.5. The van der Waals surface area contributed by atoms with Gasteiger partial charge in [0.25, 0.3) is 5.24 Å². The zero-order valence-electron chi connectivity index (χ0n) is 9.67. The van der Waals surface area contributed by atoms with Gasteiger partial charge in [0.2, 0.25) is 0 Å². The van der Waals surface area contributed by atoms with Gasteiger partial charge in [0.15, 0.2) is 0 Å². The molecular weight excluding hydrogens is 254 g/mol. The molecule has 6 heteroatoms. The van der Waals surface area contributed by atoms with Gasteiger partial charge < -0.3 is 14.7 Å². The molecule has 5 nitrogen and oxygen atoms in total. The molecule has 0 spiro atoms. The number of amides is 1. The average Bonchev–Trinajstić information content (AvgIpc) is 2.76. The summed E-state index contributed by atoms with van der Waals surface area (Å²) in [7, 11) is 0. The van der Waals surface area contributed by atoms with E-state index in [0.717, 1.165) is 12.3 Å². The van der Waals surface area contributed by atoms with Crippen LogP contribution in [0.2, 0.25) is 0 Å². The molecule has 1 aliphatic heterocycles. The van der Waals surface area contributed by atoms with E-state index < -0.39 is 5.97 Å². The van der Waals surface area contributed by atoms with Crippen LogP contribution in [0.25, 0.3) is 0 Å². The van der Waals surface area contributed by atoms with Crippen molar-refractivity contribution in [2.24, 2.45) is 0 Å². The lowest BCUT2D eigenvalue weighted by molar-refractivity contribution is 0.0696. The summed E-state index contributed by atoms with van der Waals surface area (Å²) in [6.45, 7) is 1.65. The number of carboxylic acids is 1. The van der Waals surface area contributed by atoms with Gasteiger partial charge in [-0.2, -0.15) is 0 Å². The molecule has 96 valence electrons. The molecule has 18 heavy (non-hydrogen) atoms. The summed E-state index contributed by atoms with van der Waals surface area (Å²) < 4.78 is 5.44. The molecule has 1 heterocycles. The summed E-state index contributed by atoms with van der Waals surface area (Å²) in [5.41, 5.74) is 0.195. The van der Waals surface area contributed by atoms with Gasteiger partial charge in [0.1, 0.15) is 12.4 Å². The first-order valence-electron chi connectivity index (χ1n) is 5.54. The summed E-state index contributed by atoms with van der Waals surface area (Å²) in [5, 5.41) is 8.91. The highest BCUT2D eigenvalue weighted by Gasteiger charge is 2.20. The molecule has 0 aromatic heterocycles. The molecule has 0 atom stereocenters. The summed E-state index contributed by atoms with van der Waals surface area (Å²) in [4.78, 5) is 23.8. The number of carbonyl (C=O) groups is 2. The third kappa shape index (κ3) is 3.16. The van der Waals surface area contributed by atoms with E-state index in [1.165, 1.54) is 23.9 Å². The van der Waals surface area contributed by atoms with Crippen molar-refractivity contribution >= 4 is 23.0 Å². The number of hydrogen-bond acceptors (Lipinski definition) is 4. The fraction of sp³-hybridized carbons (Fsp3) is 0.333. The number of hydrogen-bond donors (Lipinski definition) is 1. The standard InChI is InChI=1S/C12H13NO4S/c14-11(15)9-2-1-3-10(8-9)17-6-4-13-5-7-18-12(13)16/h1-3,8H,4-7H2,(H,14,15). The molecule has 1 saturated heterocycles. The predicted octanol–water partition coefficient (Wildman–Crippen LogP) is 1.93. The Morgan fingerprint density at radius 2 is 2.33 bits per heavy atom. The van der Waals surface area contributed by atoms with Crippen molar-refractivity contribution in [2.45, 2.75) is 0 Å². The highest BCUT2D eigenvalue weighted by atomic mass is 32.2. The molecule has 0 saturated carbocycles. The molecule has 1 amide bonds. The smallest absolute Gasteiger partial charge is 0.335 e. The summed E-state index contributed by atoms with van der Waals surface area (Å²) in [5.74, 6) is 0.355. The first kappa shape index (κ1) is 12.8. The van der Waals surface area contributed by atoms with Gasteiger partial charge in [-0.05, 0) is 18.2 Å². The second-order valence-corrected chi connectivity index (χ2v) is 4.83. The van der Waals surface area contributed by atoms with E-state index in [2.05, 4.69) is 0 Å². The second kappa shape index (κ2) is 5.77. The fourth-order valence-corrected chi connectivity index (χ4v) is 2.47. The number of rotatable bonds is 5. The lowest BCUT2D eigenvalue weighted by atomic mass is 10.2. The van der Waals surface area contributed by atoms with Crippen LogP contribution in [-0.4, -0.2) is 46.7 Å². The van der Waals surface area contributed by atoms with Crippen LogP contribution in [0.1, 0.15) is 10.4 Å². The van der Waals surface area contributed by atoms with Crippen molar-refractivity contribution in [2.75, 3.05) is 25.4 Å². The number of aromatic carboxylic acids is 1. The SMILES string of the molecule is O=C(O)c1cccc(OCCN2CCSC2=O)c1. The number of carbonyl (C=O) groups excluding carboxylic acids is 1. The molecule has 0 unspecified atom stereocenters. The Morgan fingerprint density at radius 1 is 1.50 bits per heavy atom. The lowest BCUT2D eigenvalue weighted by Gasteiger charge is -2.14. The third-order valence-electron chi connectivity index (χ3n) is 2.56. The minimum Gasteiger partial charge on any atom is -0.492 e. The van der Waals surface area contributed by atoms with Gasteiger partial charge in [-0.25, -0.2) is 4.79 Å². The van der Waals surface area contributed by atoms with E-state index in [9.17, 15) is 9.59 Å². The number of thioether (sulfide) groups is 1. The highest BCUT2D eigenvalue weighted by Crippen LogP contribution is 2.17. The van der Waals surface area contributed by atoms with Crippen LogP contribution in [0.5, 0.6) is 5.75 Å². The zero-order chi connectivity index (χ0) is 13.0. The highest BCUT2D eigenvalue weighted by molar-refractivity contribution is 8.13. The Hall–Kier alpha value is -1.69. The van der Waals surface area contributed by atoms with Crippen LogP contribution in [0.3, 0.4) is 0 Å². The number of ether oxygens (including phenoxy) is 1. The monoisotopic (exact) mass is 267 g/mol. The third-order valence-corrected chi connectivity index (χ3v) is 3.45. The van der Waals surface area contributed by atoms with E-state index in [4.69, 9.17) is 9.84 Å². The molecule has 1 N–H and O–H groups in total. The molecule has 1 aromatic carbocycles. The Labute approximate surface area is 109 Å². The van der Waals surface area contributed by atoms with Crippen molar-refractivity contribution in [3.63, 3.8) is 0 Å². The normalized spacial score (nSPS) is 14.9. The first-order valence-corrected chi connectivity index (χ1v) is 6.53. The maximum Gasteiger partial charge on any atom is 0.335 e. The van der Waals surface area contributed by atoms with Crippen LogP contribution in [0.4, 0.5) is 4.79 Å². The molecule has 2 rings (SSSR count). The maximum absolute atomic E-state index is 11.3. The number of carboxylic acid groups (broad SMARTS) is 1. The Bertz CT molecular complexity index is 463. The van der Waals surface area contributed by atoms with E-state index >= 15 is 0 Å². The van der Waals surface area contributed by atoms with Gasteiger partial charge in [-0.1, -0.05) is 17.8 Å². The van der Waals surface area contributed by atoms with E-state index in [-0.39, 0.29) is 10.8 Å². The van der Waals surface area contributed by atoms with Crippen LogP contribution in [0.15, 0.2) is 24.3 Å². The number of benzene rings is 1. The van der Waals surface area contributed by atoms with Crippen molar-refractivity contribution < 1.29 is 19.4 Å². The summed E-state index contributed by atoms with van der Waals surface area (Å²) >= 11 is 1.31. The maximum atomic E-state index is 11.3. The van der Waals surface area contributed by atoms with E-state index in [0.29, 0.717) is 18.9 Å². The number of nitrogens with zero attached hydrogens (tertiary/aromatic N) is 1. The summed E-state index contributed by atoms with van der Waals surface area (Å²) in [6.07, 6.45) is 0. The predicted molar refractivity (Wildman–Crippen MR) is 68.3 cm³/mol. The Kier molecular flexibility index (Phi) is 4.09. The van der Waals surface area contributed by atoms with Crippen molar-refractivity contribution in [3.05, 3.63) is 29.8 Å². The van der Waals surface area contributed by atoms with Crippen molar-refractivity contribution in [1.82, 2.24) is 4.90 Å². The molecule has 0 radical (unpaired) electrons. The van der Waals surface area contributed by atoms with Crippen molar-refractivity contribution in [3.8, 4) is 5.75 Å². The fourth-order valence-electron chi connectivity index (χ4n) is 1.62. The minimum atomic E-state index is -0.980. The topological polar surface area (TPSA) is 66.8 Å². The average molecular weight is 267 g/mol. The molecule has 1 fully saturated rings. The minimum absolute atomic E-state index is 0.0814. The van der Waals surface area contributed by atoms with Gasteiger partial charge in [0, 0.05) is 12.3 Å². The lowest BCUT2D eigenvalue weighted by Crippen LogP contribution is -2.28. The quantitative estimate of drug-likeness (QED) is 0.883. The van der Waals surface area contributed by atoms with Gasteiger partial charge in [-0.3, -0.25) is 4.79 Å². The molecule has 1 aromatic rings. The van der Waals surface area contributed by atoms with E-state index in [1.807, 2.05) is 0 Å². The summed E-state index contributed by atoms with van der Waals surface area (Å²) in [6, 6.07) is 6.32.